The van der Waals surface area contributed by atoms with E-state index in [2.05, 4.69) is 0 Å². The van der Waals surface area contributed by atoms with Crippen LogP contribution in [-0.2, 0) is 6.42 Å². The first-order chi connectivity index (χ1) is 15.1. The molecule has 0 amide bonds. The average Bonchev–Trinajstić information content (AvgIpc) is 2.64. The molecule has 4 nitrogen and oxygen atoms in total. The van der Waals surface area contributed by atoms with Crippen LogP contribution in [0.25, 0.3) is 0 Å². The Hall–Kier alpha value is -2.20. The highest BCUT2D eigenvalue weighted by atomic mass is 16.5. The van der Waals surface area contributed by atoms with Crippen LogP contribution in [0.2, 0.25) is 0 Å². The standard InChI is InChI=1S/C21H28O4/c1-16-7-6-10-19(13-16)25-15-18(22)9-5-4-8-17-11-12-20(23-2)21(14-17)24-3/h6-7,10-14,18,22H,4-5,8-9,15H2,1-3H3/i2D3,3D3,15D2. The molecule has 2 rings (SSSR count). The van der Waals surface area contributed by atoms with Gasteiger partial charge in [-0.25, -0.2) is 0 Å². The fourth-order valence-corrected chi connectivity index (χ4v) is 2.41. The monoisotopic (exact) mass is 352 g/mol. The molecule has 1 atom stereocenters. The van der Waals surface area contributed by atoms with E-state index in [-0.39, 0.29) is 17.9 Å². The van der Waals surface area contributed by atoms with Crippen LogP contribution in [-0.4, -0.2) is 31.8 Å². The van der Waals surface area contributed by atoms with Crippen molar-refractivity contribution in [2.45, 2.75) is 38.7 Å². The largest absolute Gasteiger partial charge is 0.493 e. The Labute approximate surface area is 161 Å². The van der Waals surface area contributed by atoms with E-state index < -0.39 is 26.7 Å². The Bertz CT molecular complexity index is 912. The highest BCUT2D eigenvalue weighted by Crippen LogP contribution is 2.28. The molecule has 1 unspecified atom stereocenters. The fourth-order valence-electron chi connectivity index (χ4n) is 2.41. The average molecular weight is 352 g/mol. The van der Waals surface area contributed by atoms with Gasteiger partial charge in [0.1, 0.15) is 12.3 Å². The van der Waals surface area contributed by atoms with E-state index >= 15 is 0 Å². The normalized spacial score (nSPS) is 18.2. The van der Waals surface area contributed by atoms with Crippen LogP contribution in [0.5, 0.6) is 17.2 Å². The third-order valence-electron chi connectivity index (χ3n) is 3.72. The van der Waals surface area contributed by atoms with Gasteiger partial charge < -0.3 is 19.3 Å². The second kappa shape index (κ2) is 9.94. The molecule has 2 aromatic rings. The summed E-state index contributed by atoms with van der Waals surface area (Å²) in [6.45, 7) is -0.405. The van der Waals surface area contributed by atoms with Crippen molar-refractivity contribution >= 4 is 0 Å². The molecule has 0 saturated carbocycles. The van der Waals surface area contributed by atoms with Crippen molar-refractivity contribution in [3.05, 3.63) is 53.6 Å². The summed E-state index contributed by atoms with van der Waals surface area (Å²) in [5.74, 6) is -0.0708. The number of rotatable bonds is 10. The molecule has 2 aromatic carbocycles. The Morgan fingerprint density at radius 2 is 1.92 bits per heavy atom. The summed E-state index contributed by atoms with van der Waals surface area (Å²) in [6.07, 6.45) is 0.311. The summed E-state index contributed by atoms with van der Waals surface area (Å²) < 4.78 is 74.5. The van der Waals surface area contributed by atoms with E-state index in [9.17, 15) is 5.11 Å². The number of hydrogen-bond acceptors (Lipinski definition) is 4. The van der Waals surface area contributed by atoms with Crippen LogP contribution in [0.15, 0.2) is 42.5 Å². The maximum atomic E-state index is 10.3. The minimum atomic E-state index is -2.78. The van der Waals surface area contributed by atoms with Crippen LogP contribution in [0.4, 0.5) is 0 Å². The SMILES string of the molecule is [2H]C([2H])([2H])Oc1ccc(CCCCC(O)C([2H])([2H])Oc2cccc(C)c2)cc1OC([2H])([2H])[2H]. The number of aliphatic hydroxyl groups excluding tert-OH is 1. The quantitative estimate of drug-likeness (QED) is 0.652. The molecule has 0 aliphatic heterocycles. The topological polar surface area (TPSA) is 47.9 Å². The number of methoxy groups -OCH3 is 2. The van der Waals surface area contributed by atoms with Crippen molar-refractivity contribution in [2.75, 3.05) is 20.6 Å². The molecule has 1 N–H and O–H groups in total. The van der Waals surface area contributed by atoms with Gasteiger partial charge in [-0.05, 0) is 61.6 Å². The van der Waals surface area contributed by atoms with E-state index in [0.717, 1.165) is 5.56 Å². The summed E-state index contributed by atoms with van der Waals surface area (Å²) in [5, 5.41) is 10.3. The minimum Gasteiger partial charge on any atom is -0.493 e. The Morgan fingerprint density at radius 1 is 1.08 bits per heavy atom. The van der Waals surface area contributed by atoms with Gasteiger partial charge in [0, 0.05) is 0 Å². The zero-order valence-electron chi connectivity index (χ0n) is 22.1. The van der Waals surface area contributed by atoms with Crippen molar-refractivity contribution in [3.63, 3.8) is 0 Å². The second-order valence-electron chi connectivity index (χ2n) is 5.78. The van der Waals surface area contributed by atoms with Crippen molar-refractivity contribution in [2.24, 2.45) is 0 Å². The molecule has 0 aliphatic carbocycles. The fraction of sp³-hybridized carbons (Fsp3) is 0.429. The van der Waals surface area contributed by atoms with E-state index in [1.54, 1.807) is 24.3 Å². The Kier molecular flexibility index (Phi) is 4.26. The van der Waals surface area contributed by atoms with Gasteiger partial charge >= 0.3 is 0 Å². The van der Waals surface area contributed by atoms with E-state index in [1.807, 2.05) is 13.0 Å². The van der Waals surface area contributed by atoms with Crippen LogP contribution in [0.3, 0.4) is 0 Å². The van der Waals surface area contributed by atoms with Gasteiger partial charge in [-0.15, -0.1) is 0 Å². The highest BCUT2D eigenvalue weighted by molar-refractivity contribution is 5.42. The van der Waals surface area contributed by atoms with Gasteiger partial charge in [0.25, 0.3) is 0 Å². The molecule has 0 saturated heterocycles. The predicted octanol–water partition coefficient (Wildman–Crippen LogP) is 4.16. The van der Waals surface area contributed by atoms with Crippen molar-refractivity contribution < 1.29 is 30.3 Å². The number of aliphatic hydroxyl groups is 1. The van der Waals surface area contributed by atoms with Gasteiger partial charge in [0.05, 0.1) is 31.1 Å². The lowest BCUT2D eigenvalue weighted by Gasteiger charge is -2.13. The van der Waals surface area contributed by atoms with Crippen molar-refractivity contribution in [1.29, 1.82) is 0 Å². The Balaban J connectivity index is 1.94. The van der Waals surface area contributed by atoms with Crippen LogP contribution in [0.1, 0.15) is 41.4 Å². The minimum absolute atomic E-state index is 0.150. The van der Waals surface area contributed by atoms with Crippen molar-refractivity contribution in [1.82, 2.24) is 0 Å². The zero-order valence-corrected chi connectivity index (χ0v) is 14.1. The van der Waals surface area contributed by atoms with Crippen molar-refractivity contribution in [3.8, 4) is 17.2 Å². The molecular weight excluding hydrogens is 316 g/mol. The third kappa shape index (κ3) is 6.31. The lowest BCUT2D eigenvalue weighted by atomic mass is 10.0. The first kappa shape index (κ1) is 10.7. The first-order valence-electron chi connectivity index (χ1n) is 12.1. The molecule has 136 valence electrons. The van der Waals surface area contributed by atoms with E-state index in [0.29, 0.717) is 30.6 Å². The highest BCUT2D eigenvalue weighted by Gasteiger charge is 2.07. The number of benzene rings is 2. The summed E-state index contributed by atoms with van der Waals surface area (Å²) in [4.78, 5) is 0. The molecule has 0 radical (unpaired) electrons. The maximum absolute atomic E-state index is 10.3. The van der Waals surface area contributed by atoms with Gasteiger partial charge in [-0.1, -0.05) is 24.6 Å². The van der Waals surface area contributed by atoms with Gasteiger partial charge in [0.2, 0.25) is 0 Å². The second-order valence-corrected chi connectivity index (χ2v) is 5.78. The maximum Gasteiger partial charge on any atom is 0.160 e. The molecule has 0 fully saturated rings. The number of unbranched alkanes of at least 4 members (excludes halogenated alkanes) is 1. The van der Waals surface area contributed by atoms with Crippen LogP contribution < -0.4 is 14.2 Å². The summed E-state index contributed by atoms with van der Waals surface area (Å²) in [5.41, 5.74) is 1.59. The Morgan fingerprint density at radius 3 is 2.72 bits per heavy atom. The molecule has 0 heterocycles. The molecule has 0 aliphatic rings. The molecule has 25 heavy (non-hydrogen) atoms. The number of aryl methyl sites for hydroxylation is 2. The summed E-state index contributed by atoms with van der Waals surface area (Å²) in [7, 11) is -5.54. The predicted molar refractivity (Wildman–Crippen MR) is 99.8 cm³/mol. The zero-order chi connectivity index (χ0) is 24.9. The van der Waals surface area contributed by atoms with E-state index in [4.69, 9.17) is 25.2 Å². The first-order valence-corrected chi connectivity index (χ1v) is 8.09. The smallest absolute Gasteiger partial charge is 0.160 e. The molecule has 0 spiro atoms. The molecule has 0 aromatic heterocycles. The lowest BCUT2D eigenvalue weighted by Crippen LogP contribution is -2.17. The summed E-state index contributed by atoms with van der Waals surface area (Å²) >= 11 is 0. The van der Waals surface area contributed by atoms with Gasteiger partial charge in [-0.3, -0.25) is 0 Å². The van der Waals surface area contributed by atoms with Crippen LogP contribution in [0, 0.1) is 6.92 Å². The van der Waals surface area contributed by atoms with Gasteiger partial charge in [0.15, 0.2) is 11.5 Å². The van der Waals surface area contributed by atoms with Gasteiger partial charge in [-0.2, -0.15) is 0 Å². The third-order valence-corrected chi connectivity index (χ3v) is 3.72. The number of hydrogen-bond donors (Lipinski definition) is 1. The summed E-state index contributed by atoms with van der Waals surface area (Å²) in [6, 6.07) is 11.3. The molecular formula is C21H28O4. The van der Waals surface area contributed by atoms with E-state index in [1.165, 1.54) is 12.1 Å². The number of ether oxygens (including phenoxy) is 3. The van der Waals surface area contributed by atoms with Crippen LogP contribution >= 0.6 is 0 Å². The molecule has 0 bridgehead atoms. The lowest BCUT2D eigenvalue weighted by molar-refractivity contribution is 0.0976. The molecule has 4 heteroatoms.